The van der Waals surface area contributed by atoms with E-state index >= 15 is 0 Å². The van der Waals surface area contributed by atoms with Crippen molar-refractivity contribution in [3.8, 4) is 5.88 Å². The van der Waals surface area contributed by atoms with Crippen LogP contribution in [0.2, 0.25) is 0 Å². The van der Waals surface area contributed by atoms with Gasteiger partial charge in [0.1, 0.15) is 0 Å². The first kappa shape index (κ1) is 7.65. The lowest BCUT2D eigenvalue weighted by molar-refractivity contribution is 0.00578. The average molecular weight is 270 g/mol. The van der Waals surface area contributed by atoms with Gasteiger partial charge < -0.3 is 14.0 Å². The molecule has 1 aromatic heterocycles. The number of hydrogen-bond acceptors (Lipinski definition) is 4. The number of nitrogens with zero attached hydrogens (tertiary/aromatic N) is 1. The van der Waals surface area contributed by atoms with Gasteiger partial charge in [-0.3, -0.25) is 0 Å². The van der Waals surface area contributed by atoms with Crippen LogP contribution in [0.25, 0.3) is 0 Å². The van der Waals surface area contributed by atoms with E-state index in [1.54, 1.807) is 0 Å². The fourth-order valence-electron chi connectivity index (χ4n) is 1.68. The van der Waals surface area contributed by atoms with E-state index in [9.17, 15) is 0 Å². The first-order valence-electron chi connectivity index (χ1n) is 9.51. The van der Waals surface area contributed by atoms with Crippen molar-refractivity contribution in [3.05, 3.63) is 18.3 Å². The Balaban J connectivity index is 2.23. The molecule has 4 nitrogen and oxygen atoms in total. The molecule has 0 atom stereocenters. The molecule has 0 bridgehead atoms. The molecule has 1 aliphatic rings. The van der Waals surface area contributed by atoms with Gasteiger partial charge in [0.15, 0.2) is 0 Å². The normalized spacial score (nSPS) is 28.2. The zero-order valence-electron chi connectivity index (χ0n) is 18.5. The van der Waals surface area contributed by atoms with Crippen molar-refractivity contribution >= 4 is 12.6 Å². The maximum Gasteiger partial charge on any atom is 0.496 e. The molecule has 0 saturated carbocycles. The van der Waals surface area contributed by atoms with Gasteiger partial charge in [-0.2, -0.15) is 0 Å². The highest BCUT2D eigenvalue weighted by Crippen LogP contribution is 2.36. The van der Waals surface area contributed by atoms with Crippen molar-refractivity contribution in [2.24, 2.45) is 0 Å². The van der Waals surface area contributed by atoms with E-state index in [-0.39, 0.29) is 5.88 Å². The predicted molar refractivity (Wildman–Crippen MR) is 75.7 cm³/mol. The zero-order valence-corrected chi connectivity index (χ0v) is 11.5. The second-order valence-corrected chi connectivity index (χ2v) is 5.45. The van der Waals surface area contributed by atoms with Crippen molar-refractivity contribution in [2.45, 2.75) is 58.7 Å². The van der Waals surface area contributed by atoms with Gasteiger partial charge in [0.05, 0.1) is 18.7 Å². The van der Waals surface area contributed by atoms with Crippen molar-refractivity contribution in [3.63, 3.8) is 0 Å². The molecule has 5 heteroatoms. The highest BCUT2D eigenvalue weighted by atomic mass is 16.7. The first-order chi connectivity index (χ1) is 11.5. The number of aromatic nitrogens is 1. The minimum absolute atomic E-state index is 0.285. The van der Waals surface area contributed by atoms with E-state index in [0.29, 0.717) is 5.46 Å². The topological polar surface area (TPSA) is 40.6 Å². The highest BCUT2D eigenvalue weighted by molar-refractivity contribution is 6.62. The standard InChI is InChI=1S/C14H22BNO3/c1-10(2)17-12-8-7-11(9-16-12)15-18-13(3,4)14(5,6)19-15/h7-10H,1-6H3/i1D3,2D3,10D. The Morgan fingerprint density at radius 1 is 1.26 bits per heavy atom. The smallest absolute Gasteiger partial charge is 0.475 e. The Labute approximate surface area is 125 Å². The van der Waals surface area contributed by atoms with E-state index in [1.807, 2.05) is 27.7 Å². The van der Waals surface area contributed by atoms with Crippen LogP contribution in [0.1, 0.15) is 51.0 Å². The van der Waals surface area contributed by atoms with Crippen LogP contribution in [0, 0.1) is 0 Å². The summed E-state index contributed by atoms with van der Waals surface area (Å²) >= 11 is 0. The van der Waals surface area contributed by atoms with Crippen LogP contribution in [-0.4, -0.2) is 29.4 Å². The molecule has 1 aromatic rings. The maximum absolute atomic E-state index is 7.85. The third kappa shape index (κ3) is 2.93. The lowest BCUT2D eigenvalue weighted by atomic mass is 9.80. The zero-order chi connectivity index (χ0) is 20.2. The van der Waals surface area contributed by atoms with Crippen LogP contribution in [0.3, 0.4) is 0 Å². The summed E-state index contributed by atoms with van der Waals surface area (Å²) < 4.78 is 68.7. The summed E-state index contributed by atoms with van der Waals surface area (Å²) in [4.78, 5) is 3.93. The van der Waals surface area contributed by atoms with Gasteiger partial charge in [0.25, 0.3) is 0 Å². The largest absolute Gasteiger partial charge is 0.496 e. The van der Waals surface area contributed by atoms with Crippen LogP contribution >= 0.6 is 0 Å². The maximum atomic E-state index is 7.85. The average Bonchev–Trinajstić information content (AvgIpc) is 2.65. The Bertz CT molecular complexity index is 628. The second-order valence-electron chi connectivity index (χ2n) is 5.45. The summed E-state index contributed by atoms with van der Waals surface area (Å²) in [5, 5.41) is 0. The Morgan fingerprint density at radius 3 is 2.37 bits per heavy atom. The third-order valence-electron chi connectivity index (χ3n) is 3.49. The lowest BCUT2D eigenvalue weighted by Gasteiger charge is -2.32. The molecule has 2 rings (SSSR count). The Kier molecular flexibility index (Phi) is 1.93. The van der Waals surface area contributed by atoms with Gasteiger partial charge in [-0.25, -0.2) is 4.98 Å². The molecule has 0 unspecified atom stereocenters. The molecule has 0 radical (unpaired) electrons. The second kappa shape index (κ2) is 4.80. The Morgan fingerprint density at radius 2 is 1.89 bits per heavy atom. The molecule has 1 aliphatic heterocycles. The monoisotopic (exact) mass is 270 g/mol. The minimum Gasteiger partial charge on any atom is -0.475 e. The Hall–Kier alpha value is -1.07. The highest BCUT2D eigenvalue weighted by Gasteiger charge is 2.51. The fraction of sp³-hybridized carbons (Fsp3) is 0.643. The van der Waals surface area contributed by atoms with Gasteiger partial charge in [0, 0.05) is 19.9 Å². The number of ether oxygens (including phenoxy) is 1. The summed E-state index contributed by atoms with van der Waals surface area (Å²) in [6.07, 6.45) is -1.78. The van der Waals surface area contributed by atoms with E-state index in [2.05, 4.69) is 4.98 Å². The van der Waals surface area contributed by atoms with Crippen LogP contribution in [0.15, 0.2) is 18.3 Å². The molecule has 0 spiro atoms. The van der Waals surface area contributed by atoms with Crippen LogP contribution in [0.5, 0.6) is 5.88 Å². The number of pyridine rings is 1. The molecule has 2 heterocycles. The first-order valence-corrected chi connectivity index (χ1v) is 6.01. The molecule has 0 amide bonds. The molecular weight excluding hydrogens is 241 g/mol. The third-order valence-corrected chi connectivity index (χ3v) is 3.49. The number of rotatable bonds is 3. The summed E-state index contributed by atoms with van der Waals surface area (Å²) in [5.74, 6) is -0.285. The molecule has 0 aromatic carbocycles. The van der Waals surface area contributed by atoms with Crippen LogP contribution in [0.4, 0.5) is 0 Å². The SMILES string of the molecule is [2H]C([2H])([2H])C([2H])(Oc1ccc(B2OC(C)(C)C(C)(C)O2)cn1)C([2H])([2H])[2H]. The van der Waals surface area contributed by atoms with Gasteiger partial charge in [0.2, 0.25) is 5.88 Å². The molecule has 0 N–H and O–H groups in total. The minimum atomic E-state index is -3.19. The summed E-state index contributed by atoms with van der Waals surface area (Å²) in [6, 6.07) is 2.82. The quantitative estimate of drug-likeness (QED) is 0.789. The fourth-order valence-corrected chi connectivity index (χ4v) is 1.68. The van der Waals surface area contributed by atoms with E-state index in [1.165, 1.54) is 18.3 Å². The van der Waals surface area contributed by atoms with E-state index in [0.717, 1.165) is 0 Å². The molecule has 1 fully saturated rings. The van der Waals surface area contributed by atoms with Crippen molar-refractivity contribution < 1.29 is 23.6 Å². The van der Waals surface area contributed by atoms with Crippen molar-refractivity contribution in [1.82, 2.24) is 4.98 Å². The van der Waals surface area contributed by atoms with E-state index < -0.39 is 38.1 Å². The van der Waals surface area contributed by atoms with Gasteiger partial charge >= 0.3 is 7.12 Å². The molecule has 0 aliphatic carbocycles. The summed E-state index contributed by atoms with van der Waals surface area (Å²) in [6.45, 7) is 1.23. The van der Waals surface area contributed by atoms with E-state index in [4.69, 9.17) is 23.6 Å². The lowest BCUT2D eigenvalue weighted by Crippen LogP contribution is -2.41. The summed E-state index contributed by atoms with van der Waals surface area (Å²) in [7, 11) is -0.674. The van der Waals surface area contributed by atoms with Gasteiger partial charge in [-0.05, 0) is 47.5 Å². The molecular formula is C14H22BNO3. The summed E-state index contributed by atoms with van der Waals surface area (Å²) in [5.41, 5.74) is -0.508. The van der Waals surface area contributed by atoms with Crippen LogP contribution < -0.4 is 10.2 Å². The molecule has 104 valence electrons. The number of hydrogen-bond donors (Lipinski definition) is 0. The molecule has 19 heavy (non-hydrogen) atoms. The predicted octanol–water partition coefficient (Wildman–Crippen LogP) is 2.17. The van der Waals surface area contributed by atoms with Crippen LogP contribution in [-0.2, 0) is 9.31 Å². The van der Waals surface area contributed by atoms with Crippen molar-refractivity contribution in [1.29, 1.82) is 0 Å². The van der Waals surface area contributed by atoms with Gasteiger partial charge in [-0.1, -0.05) is 6.07 Å². The van der Waals surface area contributed by atoms with Gasteiger partial charge in [-0.15, -0.1) is 0 Å². The van der Waals surface area contributed by atoms with Crippen molar-refractivity contribution in [2.75, 3.05) is 0 Å². The molecule has 1 saturated heterocycles.